The van der Waals surface area contributed by atoms with Crippen molar-refractivity contribution >= 4 is 23.8 Å². The minimum atomic E-state index is -1.06. The molecular formula is C16H12O7. The summed E-state index contributed by atoms with van der Waals surface area (Å²) in [5, 5.41) is 25.4. The SMILES string of the molecule is O=C(O)c1ccc(C(=O)O)cc1.O=C=C1C=CC(C(=O)O)=CC1. The van der Waals surface area contributed by atoms with Crippen LogP contribution in [0, 0.1) is 0 Å². The molecule has 0 bridgehead atoms. The van der Waals surface area contributed by atoms with Crippen molar-refractivity contribution in [3.05, 3.63) is 64.8 Å². The molecule has 7 heteroatoms. The van der Waals surface area contributed by atoms with E-state index in [-0.39, 0.29) is 16.7 Å². The number of hydrogen-bond donors (Lipinski definition) is 3. The van der Waals surface area contributed by atoms with Crippen LogP contribution in [0.1, 0.15) is 27.1 Å². The maximum absolute atomic E-state index is 10.3. The Balaban J connectivity index is 0.000000231. The lowest BCUT2D eigenvalue weighted by Gasteiger charge is -2.00. The quantitative estimate of drug-likeness (QED) is 0.725. The van der Waals surface area contributed by atoms with Gasteiger partial charge in [0.15, 0.2) is 0 Å². The third-order valence-corrected chi connectivity index (χ3v) is 2.76. The van der Waals surface area contributed by atoms with Gasteiger partial charge in [-0.15, -0.1) is 0 Å². The molecule has 1 aromatic rings. The van der Waals surface area contributed by atoms with Gasteiger partial charge in [0.05, 0.1) is 16.7 Å². The van der Waals surface area contributed by atoms with Crippen molar-refractivity contribution in [2.24, 2.45) is 0 Å². The molecule has 0 saturated carbocycles. The summed E-state index contributed by atoms with van der Waals surface area (Å²) in [6.45, 7) is 0. The van der Waals surface area contributed by atoms with Crippen molar-refractivity contribution in [1.82, 2.24) is 0 Å². The highest BCUT2D eigenvalue weighted by Crippen LogP contribution is 2.12. The topological polar surface area (TPSA) is 129 Å². The molecule has 118 valence electrons. The van der Waals surface area contributed by atoms with Crippen molar-refractivity contribution < 1.29 is 34.5 Å². The van der Waals surface area contributed by atoms with Gasteiger partial charge >= 0.3 is 17.9 Å². The predicted octanol–water partition coefficient (Wildman–Crippen LogP) is 1.80. The van der Waals surface area contributed by atoms with E-state index in [1.165, 1.54) is 42.5 Å². The molecule has 0 aliphatic heterocycles. The highest BCUT2D eigenvalue weighted by molar-refractivity contribution is 5.91. The first-order valence-corrected chi connectivity index (χ1v) is 6.27. The zero-order valence-corrected chi connectivity index (χ0v) is 11.7. The second-order valence-corrected chi connectivity index (χ2v) is 4.32. The second kappa shape index (κ2) is 8.11. The van der Waals surface area contributed by atoms with Crippen LogP contribution < -0.4 is 0 Å². The third-order valence-electron chi connectivity index (χ3n) is 2.76. The fourth-order valence-electron chi connectivity index (χ4n) is 1.54. The maximum Gasteiger partial charge on any atom is 0.335 e. The molecule has 1 aromatic carbocycles. The number of carbonyl (C=O) groups excluding carboxylic acids is 1. The Hall–Kier alpha value is -3.44. The minimum Gasteiger partial charge on any atom is -0.478 e. The largest absolute Gasteiger partial charge is 0.478 e. The number of carboxylic acids is 3. The normalized spacial score (nSPS) is 12.3. The summed E-state index contributed by atoms with van der Waals surface area (Å²) >= 11 is 0. The number of aromatic carboxylic acids is 2. The Labute approximate surface area is 130 Å². The Morgan fingerprint density at radius 3 is 1.57 bits per heavy atom. The van der Waals surface area contributed by atoms with Crippen molar-refractivity contribution in [3.8, 4) is 0 Å². The average molecular weight is 316 g/mol. The molecule has 0 fully saturated rings. The van der Waals surface area contributed by atoms with E-state index >= 15 is 0 Å². The van der Waals surface area contributed by atoms with Crippen LogP contribution in [-0.4, -0.2) is 39.2 Å². The standard InChI is InChI=1S/C8H6O4.C8H6O3/c9-7(10)5-1-2-6(4-3-5)8(11)12;9-5-6-1-3-7(4-2-6)8(10)11/h1-4H,(H,9,10)(H,11,12);1,3-4H,2H2,(H,10,11). The van der Waals surface area contributed by atoms with Gasteiger partial charge in [0.2, 0.25) is 0 Å². The molecule has 1 aliphatic rings. The van der Waals surface area contributed by atoms with E-state index in [9.17, 15) is 19.2 Å². The van der Waals surface area contributed by atoms with E-state index in [2.05, 4.69) is 0 Å². The first kappa shape index (κ1) is 17.6. The zero-order chi connectivity index (χ0) is 17.4. The molecule has 23 heavy (non-hydrogen) atoms. The van der Waals surface area contributed by atoms with Crippen LogP contribution in [0.15, 0.2) is 53.6 Å². The fourth-order valence-corrected chi connectivity index (χ4v) is 1.54. The lowest BCUT2D eigenvalue weighted by atomic mass is 10.0. The van der Waals surface area contributed by atoms with Crippen LogP contribution >= 0.6 is 0 Å². The van der Waals surface area contributed by atoms with Gasteiger partial charge in [-0.2, -0.15) is 0 Å². The minimum absolute atomic E-state index is 0.0833. The average Bonchev–Trinajstić information content (AvgIpc) is 2.55. The van der Waals surface area contributed by atoms with Crippen molar-refractivity contribution in [2.45, 2.75) is 6.42 Å². The number of allylic oxidation sites excluding steroid dienone is 3. The van der Waals surface area contributed by atoms with Crippen molar-refractivity contribution in [1.29, 1.82) is 0 Å². The molecule has 0 unspecified atom stereocenters. The summed E-state index contributed by atoms with van der Waals surface area (Å²) in [5.74, 6) is -1.39. The lowest BCUT2D eigenvalue weighted by Crippen LogP contribution is -2.00. The Bertz CT molecular complexity index is 699. The van der Waals surface area contributed by atoms with Gasteiger partial charge in [0, 0.05) is 12.0 Å². The van der Waals surface area contributed by atoms with Gasteiger partial charge in [-0.25, -0.2) is 19.2 Å². The van der Waals surface area contributed by atoms with Crippen LogP contribution in [0.3, 0.4) is 0 Å². The monoisotopic (exact) mass is 316 g/mol. The van der Waals surface area contributed by atoms with Crippen molar-refractivity contribution in [3.63, 3.8) is 0 Å². The molecule has 7 nitrogen and oxygen atoms in total. The molecule has 0 radical (unpaired) electrons. The van der Waals surface area contributed by atoms with Crippen molar-refractivity contribution in [2.75, 3.05) is 0 Å². The van der Waals surface area contributed by atoms with Gasteiger partial charge in [-0.05, 0) is 36.4 Å². The van der Waals surface area contributed by atoms with Crippen LogP contribution in [-0.2, 0) is 9.59 Å². The molecule has 0 atom stereocenters. The Morgan fingerprint density at radius 1 is 0.826 bits per heavy atom. The first-order chi connectivity index (χ1) is 10.8. The third kappa shape index (κ3) is 5.45. The highest BCUT2D eigenvalue weighted by atomic mass is 16.4. The molecule has 0 amide bonds. The summed E-state index contributed by atoms with van der Waals surface area (Å²) in [7, 11) is 0. The Kier molecular flexibility index (Phi) is 6.21. The van der Waals surface area contributed by atoms with Gasteiger partial charge in [0.25, 0.3) is 0 Å². The second-order valence-electron chi connectivity index (χ2n) is 4.32. The maximum atomic E-state index is 10.3. The summed E-state index contributed by atoms with van der Waals surface area (Å²) in [6.07, 6.45) is 4.72. The molecular weight excluding hydrogens is 304 g/mol. The smallest absolute Gasteiger partial charge is 0.335 e. The van der Waals surface area contributed by atoms with E-state index < -0.39 is 17.9 Å². The number of aliphatic carboxylic acids is 1. The van der Waals surface area contributed by atoms with Gasteiger partial charge in [0.1, 0.15) is 5.94 Å². The van der Waals surface area contributed by atoms with Gasteiger partial charge < -0.3 is 15.3 Å². The fraction of sp³-hybridized carbons (Fsp3) is 0.0625. The van der Waals surface area contributed by atoms with Crippen LogP contribution in [0.2, 0.25) is 0 Å². The molecule has 0 spiro atoms. The molecule has 3 N–H and O–H groups in total. The van der Waals surface area contributed by atoms with Gasteiger partial charge in [-0.1, -0.05) is 6.08 Å². The lowest BCUT2D eigenvalue weighted by molar-refractivity contribution is -0.132. The van der Waals surface area contributed by atoms with Crippen LogP contribution in [0.4, 0.5) is 0 Å². The zero-order valence-electron chi connectivity index (χ0n) is 11.7. The molecule has 1 aliphatic carbocycles. The summed E-state index contributed by atoms with van der Waals surface area (Å²) < 4.78 is 0. The predicted molar refractivity (Wildman–Crippen MR) is 79.0 cm³/mol. The first-order valence-electron chi connectivity index (χ1n) is 6.27. The molecule has 0 heterocycles. The van der Waals surface area contributed by atoms with E-state index in [1.54, 1.807) is 5.94 Å². The Morgan fingerprint density at radius 2 is 1.30 bits per heavy atom. The molecule has 2 rings (SSSR count). The number of hydrogen-bond acceptors (Lipinski definition) is 4. The van der Waals surface area contributed by atoms with E-state index in [0.29, 0.717) is 12.0 Å². The number of carbonyl (C=O) groups is 3. The summed E-state index contributed by atoms with van der Waals surface area (Å²) in [6, 6.07) is 5.02. The van der Waals surface area contributed by atoms with E-state index in [1.807, 2.05) is 0 Å². The molecule has 0 aromatic heterocycles. The van der Waals surface area contributed by atoms with Crippen LogP contribution in [0.25, 0.3) is 0 Å². The van der Waals surface area contributed by atoms with Crippen LogP contribution in [0.5, 0.6) is 0 Å². The van der Waals surface area contributed by atoms with E-state index in [0.717, 1.165) is 0 Å². The highest BCUT2D eigenvalue weighted by Gasteiger charge is 2.07. The summed E-state index contributed by atoms with van der Waals surface area (Å²) in [5.41, 5.74) is 0.874. The summed E-state index contributed by atoms with van der Waals surface area (Å²) in [4.78, 5) is 41.0. The van der Waals surface area contributed by atoms with Gasteiger partial charge in [-0.3, -0.25) is 0 Å². The number of benzene rings is 1. The molecule has 0 saturated heterocycles. The number of carboxylic acid groups (broad SMARTS) is 3. The number of rotatable bonds is 3. The van der Waals surface area contributed by atoms with E-state index in [4.69, 9.17) is 15.3 Å².